The van der Waals surface area contributed by atoms with Crippen LogP contribution in [0.1, 0.15) is 5.56 Å². The predicted octanol–water partition coefficient (Wildman–Crippen LogP) is 1.68. The predicted molar refractivity (Wildman–Crippen MR) is 64.2 cm³/mol. The van der Waals surface area contributed by atoms with Crippen LogP contribution in [-0.4, -0.2) is 30.7 Å². The smallest absolute Gasteiger partial charge is 0.0698 e. The number of para-hydroxylation sites is 1. The first-order valence-corrected chi connectivity index (χ1v) is 5.90. The summed E-state index contributed by atoms with van der Waals surface area (Å²) < 4.78 is 5.16. The number of rotatable bonds is 6. The molecule has 3 nitrogen and oxygen atoms in total. The van der Waals surface area contributed by atoms with Gasteiger partial charge in [0.05, 0.1) is 19.8 Å². The van der Waals surface area contributed by atoms with Crippen molar-refractivity contribution in [3.05, 3.63) is 23.8 Å². The first kappa shape index (κ1) is 12.4. The topological polar surface area (TPSA) is 55.5 Å². The monoisotopic (exact) mass is 227 g/mol. The lowest BCUT2D eigenvalue weighted by atomic mass is 10.2. The molecule has 3 N–H and O–H groups in total. The second kappa shape index (κ2) is 6.71. The molecule has 1 aromatic carbocycles. The lowest BCUT2D eigenvalue weighted by molar-refractivity contribution is 0.103. The fraction of sp³-hybridized carbons (Fsp3) is 0.455. The normalized spacial score (nSPS) is 10.5. The van der Waals surface area contributed by atoms with Gasteiger partial charge in [0.1, 0.15) is 0 Å². The van der Waals surface area contributed by atoms with Crippen LogP contribution in [0.3, 0.4) is 0 Å². The van der Waals surface area contributed by atoms with Gasteiger partial charge in [-0.05, 0) is 18.6 Å². The molecule has 0 amide bonds. The van der Waals surface area contributed by atoms with Gasteiger partial charge in [-0.2, -0.15) is 0 Å². The van der Waals surface area contributed by atoms with Crippen molar-refractivity contribution in [2.75, 3.05) is 31.3 Å². The fourth-order valence-electron chi connectivity index (χ4n) is 1.16. The Bertz CT molecular complexity index is 305. The van der Waals surface area contributed by atoms with Crippen LogP contribution in [0.4, 0.5) is 5.69 Å². The van der Waals surface area contributed by atoms with Crippen LogP contribution in [0.2, 0.25) is 0 Å². The number of anilines is 1. The molecule has 0 atom stereocenters. The standard InChI is InChI=1S/C11H17NO2S/c1-9-3-2-4-10(11(9)12)15-8-7-14-6-5-13/h2-4,13H,5-8,12H2,1H3. The lowest BCUT2D eigenvalue weighted by Crippen LogP contribution is -2.02. The van der Waals surface area contributed by atoms with Gasteiger partial charge in [-0.3, -0.25) is 0 Å². The largest absolute Gasteiger partial charge is 0.398 e. The average molecular weight is 227 g/mol. The van der Waals surface area contributed by atoms with Gasteiger partial charge in [0.15, 0.2) is 0 Å². The number of aliphatic hydroxyl groups excluding tert-OH is 1. The lowest BCUT2D eigenvalue weighted by Gasteiger charge is -2.07. The molecular formula is C11H17NO2S. The minimum absolute atomic E-state index is 0.0806. The number of benzene rings is 1. The Morgan fingerprint density at radius 1 is 1.40 bits per heavy atom. The molecule has 0 saturated carbocycles. The second-order valence-corrected chi connectivity index (χ2v) is 4.31. The van der Waals surface area contributed by atoms with Gasteiger partial charge < -0.3 is 15.6 Å². The summed E-state index contributed by atoms with van der Waals surface area (Å²) in [4.78, 5) is 1.10. The summed E-state index contributed by atoms with van der Waals surface area (Å²) in [5, 5.41) is 8.51. The zero-order chi connectivity index (χ0) is 11.1. The summed E-state index contributed by atoms with van der Waals surface area (Å²) >= 11 is 1.68. The third-order valence-electron chi connectivity index (χ3n) is 2.00. The molecule has 0 fully saturated rings. The highest BCUT2D eigenvalue weighted by Crippen LogP contribution is 2.26. The van der Waals surface area contributed by atoms with E-state index in [2.05, 4.69) is 0 Å². The molecule has 0 unspecified atom stereocenters. The molecule has 15 heavy (non-hydrogen) atoms. The van der Waals surface area contributed by atoms with E-state index in [1.807, 2.05) is 25.1 Å². The van der Waals surface area contributed by atoms with E-state index in [1.165, 1.54) is 0 Å². The average Bonchev–Trinajstić information content (AvgIpc) is 2.24. The van der Waals surface area contributed by atoms with Crippen molar-refractivity contribution < 1.29 is 9.84 Å². The molecule has 0 aliphatic rings. The number of aliphatic hydroxyl groups is 1. The molecule has 0 aliphatic heterocycles. The third kappa shape index (κ3) is 4.11. The van der Waals surface area contributed by atoms with Crippen LogP contribution in [0.5, 0.6) is 0 Å². The van der Waals surface area contributed by atoms with Crippen LogP contribution in [-0.2, 0) is 4.74 Å². The Labute approximate surface area is 94.6 Å². The van der Waals surface area contributed by atoms with Gasteiger partial charge in [0.2, 0.25) is 0 Å². The van der Waals surface area contributed by atoms with E-state index in [4.69, 9.17) is 15.6 Å². The summed E-state index contributed by atoms with van der Waals surface area (Å²) in [5.74, 6) is 0.855. The fourth-order valence-corrected chi connectivity index (χ4v) is 2.07. The third-order valence-corrected chi connectivity index (χ3v) is 3.04. The van der Waals surface area contributed by atoms with E-state index in [9.17, 15) is 0 Å². The Morgan fingerprint density at radius 2 is 2.20 bits per heavy atom. The molecular weight excluding hydrogens is 210 g/mol. The van der Waals surface area contributed by atoms with Crippen molar-refractivity contribution in [3.8, 4) is 0 Å². The Morgan fingerprint density at radius 3 is 2.93 bits per heavy atom. The Hall–Kier alpha value is -0.710. The molecule has 0 heterocycles. The molecule has 0 aromatic heterocycles. The molecule has 0 bridgehead atoms. The van der Waals surface area contributed by atoms with E-state index in [1.54, 1.807) is 11.8 Å². The van der Waals surface area contributed by atoms with Gasteiger partial charge >= 0.3 is 0 Å². The minimum atomic E-state index is 0.0806. The van der Waals surface area contributed by atoms with Gasteiger partial charge in [-0.25, -0.2) is 0 Å². The van der Waals surface area contributed by atoms with Crippen LogP contribution >= 0.6 is 11.8 Å². The van der Waals surface area contributed by atoms with Crippen LogP contribution < -0.4 is 5.73 Å². The highest BCUT2D eigenvalue weighted by atomic mass is 32.2. The first-order valence-electron chi connectivity index (χ1n) is 4.92. The summed E-state index contributed by atoms with van der Waals surface area (Å²) in [6.45, 7) is 3.13. The van der Waals surface area contributed by atoms with Crippen molar-refractivity contribution in [3.63, 3.8) is 0 Å². The van der Waals surface area contributed by atoms with E-state index in [-0.39, 0.29) is 6.61 Å². The first-order chi connectivity index (χ1) is 7.25. The Kier molecular flexibility index (Phi) is 5.53. The number of nitrogen functional groups attached to an aromatic ring is 1. The molecule has 0 spiro atoms. The Balaban J connectivity index is 2.34. The summed E-state index contributed by atoms with van der Waals surface area (Å²) in [6, 6.07) is 6.02. The van der Waals surface area contributed by atoms with Crippen molar-refractivity contribution in [2.45, 2.75) is 11.8 Å². The van der Waals surface area contributed by atoms with Crippen LogP contribution in [0.25, 0.3) is 0 Å². The molecule has 1 rings (SSSR count). The highest BCUT2D eigenvalue weighted by molar-refractivity contribution is 7.99. The number of hydrogen-bond donors (Lipinski definition) is 2. The van der Waals surface area contributed by atoms with Crippen LogP contribution in [0, 0.1) is 6.92 Å². The van der Waals surface area contributed by atoms with E-state index < -0.39 is 0 Å². The molecule has 0 aliphatic carbocycles. The number of hydrogen-bond acceptors (Lipinski definition) is 4. The van der Waals surface area contributed by atoms with Gasteiger partial charge in [-0.15, -0.1) is 11.8 Å². The molecule has 4 heteroatoms. The number of ether oxygens (including phenoxy) is 1. The number of nitrogens with two attached hydrogens (primary N) is 1. The summed E-state index contributed by atoms with van der Waals surface area (Å²) in [6.07, 6.45) is 0. The minimum Gasteiger partial charge on any atom is -0.398 e. The SMILES string of the molecule is Cc1cccc(SCCOCCO)c1N. The van der Waals surface area contributed by atoms with Crippen molar-refractivity contribution in [1.29, 1.82) is 0 Å². The number of aryl methyl sites for hydroxylation is 1. The van der Waals surface area contributed by atoms with Crippen molar-refractivity contribution in [2.24, 2.45) is 0 Å². The molecule has 0 saturated heterocycles. The second-order valence-electron chi connectivity index (χ2n) is 3.17. The van der Waals surface area contributed by atoms with E-state index in [0.717, 1.165) is 21.9 Å². The summed E-state index contributed by atoms with van der Waals surface area (Å²) in [5.41, 5.74) is 7.88. The highest BCUT2D eigenvalue weighted by Gasteiger charge is 2.01. The van der Waals surface area contributed by atoms with Crippen molar-refractivity contribution in [1.82, 2.24) is 0 Å². The van der Waals surface area contributed by atoms with Gasteiger partial charge in [0, 0.05) is 16.3 Å². The molecule has 0 radical (unpaired) electrons. The maximum absolute atomic E-state index is 8.51. The van der Waals surface area contributed by atoms with Gasteiger partial charge in [-0.1, -0.05) is 12.1 Å². The zero-order valence-electron chi connectivity index (χ0n) is 8.90. The molecule has 84 valence electrons. The maximum atomic E-state index is 8.51. The quantitative estimate of drug-likeness (QED) is 0.441. The maximum Gasteiger partial charge on any atom is 0.0698 e. The van der Waals surface area contributed by atoms with E-state index >= 15 is 0 Å². The van der Waals surface area contributed by atoms with E-state index in [0.29, 0.717) is 13.2 Å². The zero-order valence-corrected chi connectivity index (χ0v) is 9.72. The van der Waals surface area contributed by atoms with Crippen molar-refractivity contribution >= 4 is 17.4 Å². The van der Waals surface area contributed by atoms with Crippen LogP contribution in [0.15, 0.2) is 23.1 Å². The number of thioether (sulfide) groups is 1. The van der Waals surface area contributed by atoms with Gasteiger partial charge in [0.25, 0.3) is 0 Å². The molecule has 1 aromatic rings. The summed E-state index contributed by atoms with van der Waals surface area (Å²) in [7, 11) is 0.